The minimum Gasteiger partial charge on any atom is -0.459 e. The van der Waals surface area contributed by atoms with Crippen LogP contribution in [0.2, 0.25) is 0 Å². The van der Waals surface area contributed by atoms with Crippen molar-refractivity contribution >= 4 is 0 Å². The molecule has 1 aliphatic heterocycles. The third-order valence-electron chi connectivity index (χ3n) is 5.48. The number of halogens is 2. The molecule has 1 aromatic heterocycles. The van der Waals surface area contributed by atoms with Gasteiger partial charge in [-0.3, -0.25) is 0 Å². The van der Waals surface area contributed by atoms with E-state index in [9.17, 15) is 8.78 Å². The lowest BCUT2D eigenvalue weighted by Crippen LogP contribution is -2.17. The first-order valence-corrected chi connectivity index (χ1v) is 11.3. The van der Waals surface area contributed by atoms with E-state index in [4.69, 9.17) is 18.9 Å². The van der Waals surface area contributed by atoms with Crippen molar-refractivity contribution in [3.8, 4) is 17.1 Å². The summed E-state index contributed by atoms with van der Waals surface area (Å²) in [5.74, 6) is -0.496. The van der Waals surface area contributed by atoms with Crippen LogP contribution < -0.4 is 4.74 Å². The summed E-state index contributed by atoms with van der Waals surface area (Å²) in [5.41, 5.74) is 1.55. The van der Waals surface area contributed by atoms with Crippen molar-refractivity contribution in [3.05, 3.63) is 108 Å². The predicted octanol–water partition coefficient (Wildman–Crippen LogP) is 5.50. The van der Waals surface area contributed by atoms with Crippen LogP contribution in [-0.4, -0.2) is 29.1 Å². The van der Waals surface area contributed by atoms with Gasteiger partial charge in [0.1, 0.15) is 28.9 Å². The molecule has 0 radical (unpaired) electrons. The van der Waals surface area contributed by atoms with Gasteiger partial charge in [-0.25, -0.2) is 13.8 Å². The lowest BCUT2D eigenvalue weighted by molar-refractivity contribution is -0.0954. The second kappa shape index (κ2) is 10.8. The summed E-state index contributed by atoms with van der Waals surface area (Å²) < 4.78 is 53.5. The van der Waals surface area contributed by atoms with Gasteiger partial charge in [0, 0.05) is 12.3 Å². The number of rotatable bonds is 9. The van der Waals surface area contributed by atoms with E-state index in [0.29, 0.717) is 30.5 Å². The Balaban J connectivity index is 1.50. The molecule has 0 N–H and O–H groups in total. The number of benzene rings is 3. The quantitative estimate of drug-likeness (QED) is 0.298. The Morgan fingerprint density at radius 3 is 2.37 bits per heavy atom. The van der Waals surface area contributed by atoms with E-state index in [1.165, 1.54) is 12.1 Å². The van der Waals surface area contributed by atoms with Gasteiger partial charge in [-0.05, 0) is 29.8 Å². The molecule has 8 heteroatoms. The van der Waals surface area contributed by atoms with Crippen LogP contribution in [0.4, 0.5) is 8.78 Å². The minimum atomic E-state index is -0.883. The molecule has 2 heterocycles. The maximum atomic E-state index is 14.7. The molecule has 1 atom stereocenters. The predicted molar refractivity (Wildman–Crippen MR) is 124 cm³/mol. The smallest absolute Gasteiger partial charge is 0.245 e. The normalized spacial score (nSPS) is 14.8. The van der Waals surface area contributed by atoms with E-state index in [-0.39, 0.29) is 18.7 Å². The van der Waals surface area contributed by atoms with Gasteiger partial charge in [0.2, 0.25) is 6.29 Å². The highest BCUT2D eigenvalue weighted by Gasteiger charge is 2.25. The first-order chi connectivity index (χ1) is 17.2. The Labute approximate surface area is 201 Å². The average Bonchev–Trinajstić information content (AvgIpc) is 3.54. The van der Waals surface area contributed by atoms with E-state index in [1.54, 1.807) is 10.8 Å². The SMILES string of the molecule is Fc1ccc(-c2nc(C(OCc3ccccc3)Oc3ccccc3)cn2CC2OCCO2)c(F)c1. The van der Waals surface area contributed by atoms with E-state index in [1.807, 2.05) is 60.7 Å². The summed E-state index contributed by atoms with van der Waals surface area (Å²) in [6.07, 6.45) is 0.339. The summed E-state index contributed by atoms with van der Waals surface area (Å²) in [6.45, 7) is 1.51. The van der Waals surface area contributed by atoms with Crippen molar-refractivity contribution in [2.24, 2.45) is 0 Å². The number of nitrogens with zero attached hydrogens (tertiary/aromatic N) is 2. The summed E-state index contributed by atoms with van der Waals surface area (Å²) in [7, 11) is 0. The number of hydrogen-bond acceptors (Lipinski definition) is 5. The second-order valence-electron chi connectivity index (χ2n) is 8.00. The van der Waals surface area contributed by atoms with Crippen molar-refractivity contribution in [2.75, 3.05) is 13.2 Å². The summed E-state index contributed by atoms with van der Waals surface area (Å²) in [6, 6.07) is 22.3. The maximum Gasteiger partial charge on any atom is 0.245 e. The van der Waals surface area contributed by atoms with Crippen molar-refractivity contribution < 1.29 is 27.7 Å². The summed E-state index contributed by atoms with van der Waals surface area (Å²) in [5, 5.41) is 0. The molecule has 1 saturated heterocycles. The van der Waals surface area contributed by atoms with Gasteiger partial charge in [-0.15, -0.1) is 0 Å². The molecule has 6 nitrogen and oxygen atoms in total. The standard InChI is InChI=1S/C27H24F2N2O4/c28-20-11-12-22(23(29)15-20)26-30-24(16-31(26)17-25-32-13-14-33-25)27(35-21-9-5-2-6-10-21)34-18-19-7-3-1-4-8-19/h1-12,15-16,25,27H,13-14,17-18H2. The van der Waals surface area contributed by atoms with E-state index >= 15 is 0 Å². The Bertz CT molecular complexity index is 1240. The zero-order chi connectivity index (χ0) is 24.0. The fourth-order valence-corrected chi connectivity index (χ4v) is 3.80. The lowest BCUT2D eigenvalue weighted by atomic mass is 10.2. The van der Waals surface area contributed by atoms with Gasteiger partial charge in [0.25, 0.3) is 0 Å². The van der Waals surface area contributed by atoms with Crippen LogP contribution in [0.25, 0.3) is 11.4 Å². The van der Waals surface area contributed by atoms with Gasteiger partial charge >= 0.3 is 0 Å². The molecule has 0 bridgehead atoms. The van der Waals surface area contributed by atoms with Crippen molar-refractivity contribution in [1.29, 1.82) is 0 Å². The molecule has 1 aliphatic rings. The Morgan fingerprint density at radius 2 is 1.66 bits per heavy atom. The van der Waals surface area contributed by atoms with Crippen molar-refractivity contribution in [1.82, 2.24) is 9.55 Å². The molecule has 0 aliphatic carbocycles. The Kier molecular flexibility index (Phi) is 7.13. The van der Waals surface area contributed by atoms with Crippen LogP contribution >= 0.6 is 0 Å². The molecule has 180 valence electrons. The molecular weight excluding hydrogens is 454 g/mol. The van der Waals surface area contributed by atoms with Crippen molar-refractivity contribution in [2.45, 2.75) is 25.7 Å². The topological polar surface area (TPSA) is 54.7 Å². The molecule has 0 saturated carbocycles. The zero-order valence-electron chi connectivity index (χ0n) is 18.8. The maximum absolute atomic E-state index is 14.7. The third kappa shape index (κ3) is 5.74. The fraction of sp³-hybridized carbons (Fsp3) is 0.222. The van der Waals surface area contributed by atoms with Crippen LogP contribution in [0.1, 0.15) is 17.5 Å². The number of ether oxygens (including phenoxy) is 4. The number of para-hydroxylation sites is 1. The van der Waals surface area contributed by atoms with Gasteiger partial charge < -0.3 is 23.5 Å². The molecule has 4 aromatic rings. The third-order valence-corrected chi connectivity index (χ3v) is 5.48. The van der Waals surface area contributed by atoms with Gasteiger partial charge in [-0.1, -0.05) is 48.5 Å². The molecule has 0 spiro atoms. The van der Waals surface area contributed by atoms with Crippen LogP contribution in [0.15, 0.2) is 85.1 Å². The van der Waals surface area contributed by atoms with Gasteiger partial charge in [0.05, 0.1) is 31.9 Å². The van der Waals surface area contributed by atoms with Gasteiger partial charge in [-0.2, -0.15) is 0 Å². The van der Waals surface area contributed by atoms with Crippen LogP contribution in [-0.2, 0) is 27.4 Å². The minimum absolute atomic E-state index is 0.150. The largest absolute Gasteiger partial charge is 0.459 e. The zero-order valence-corrected chi connectivity index (χ0v) is 18.8. The summed E-state index contributed by atoms with van der Waals surface area (Å²) >= 11 is 0. The van der Waals surface area contributed by atoms with Crippen LogP contribution in [0.5, 0.6) is 5.75 Å². The van der Waals surface area contributed by atoms with Crippen LogP contribution in [0.3, 0.4) is 0 Å². The molecular formula is C27H24F2N2O4. The highest BCUT2D eigenvalue weighted by Crippen LogP contribution is 2.29. The molecule has 1 fully saturated rings. The van der Waals surface area contributed by atoms with E-state index in [2.05, 4.69) is 4.98 Å². The first-order valence-electron chi connectivity index (χ1n) is 11.3. The average molecular weight is 478 g/mol. The van der Waals surface area contributed by atoms with E-state index < -0.39 is 24.2 Å². The molecule has 1 unspecified atom stereocenters. The van der Waals surface area contributed by atoms with E-state index in [0.717, 1.165) is 11.6 Å². The molecule has 35 heavy (non-hydrogen) atoms. The first kappa shape index (κ1) is 23.2. The van der Waals surface area contributed by atoms with Gasteiger partial charge in [0.15, 0.2) is 6.29 Å². The lowest BCUT2D eigenvalue weighted by Gasteiger charge is -2.18. The molecule has 5 rings (SSSR count). The van der Waals surface area contributed by atoms with Crippen molar-refractivity contribution in [3.63, 3.8) is 0 Å². The van der Waals surface area contributed by atoms with Crippen LogP contribution in [0, 0.1) is 11.6 Å². The summed E-state index contributed by atoms with van der Waals surface area (Å²) in [4.78, 5) is 4.66. The number of hydrogen-bond donors (Lipinski definition) is 0. The highest BCUT2D eigenvalue weighted by atomic mass is 19.1. The number of imidazole rings is 1. The highest BCUT2D eigenvalue weighted by molar-refractivity contribution is 5.57. The molecule has 3 aromatic carbocycles. The fourth-order valence-electron chi connectivity index (χ4n) is 3.80. The molecule has 0 amide bonds. The number of aromatic nitrogens is 2. The Hall–Kier alpha value is -3.59. The second-order valence-corrected chi connectivity index (χ2v) is 8.00. The Morgan fingerprint density at radius 1 is 0.943 bits per heavy atom. The monoisotopic (exact) mass is 478 g/mol.